The molecule has 11 heteroatoms. The van der Waals surface area contributed by atoms with Crippen LogP contribution in [-0.2, 0) is 14.4 Å². The summed E-state index contributed by atoms with van der Waals surface area (Å²) in [5.74, 6) is -1.38. The second kappa shape index (κ2) is 9.29. The first kappa shape index (κ1) is 24.2. The van der Waals surface area contributed by atoms with E-state index in [1.165, 1.54) is 23.3 Å². The fourth-order valence-corrected chi connectivity index (χ4v) is 5.16. The number of nitro benzene ring substituents is 1. The first-order valence-electron chi connectivity index (χ1n) is 11.5. The molecular weight excluding hydrogens is 533 g/mol. The molecule has 0 spiro atoms. The number of hydroxylamine groups is 1. The van der Waals surface area contributed by atoms with E-state index in [1.807, 2.05) is 6.07 Å². The number of carbonyl (C=O) groups excluding carboxylic acids is 2. The molecule has 0 unspecified atom stereocenters. The molecule has 0 aliphatic carbocycles. The molecule has 3 atom stereocenters. The Kier molecular flexibility index (Phi) is 5.91. The molecule has 2 aliphatic rings. The summed E-state index contributed by atoms with van der Waals surface area (Å²) >= 11 is 12.0. The molecule has 38 heavy (non-hydrogen) atoms. The molecule has 190 valence electrons. The highest BCUT2D eigenvalue weighted by molar-refractivity contribution is 6.31. The number of benzene rings is 3. The van der Waals surface area contributed by atoms with Gasteiger partial charge in [0.25, 0.3) is 11.6 Å². The number of hydrogen-bond donors (Lipinski definition) is 0. The van der Waals surface area contributed by atoms with Crippen LogP contribution in [0.1, 0.15) is 11.8 Å². The number of hydrogen-bond acceptors (Lipinski definition) is 7. The monoisotopic (exact) mass is 549 g/mol. The zero-order valence-corrected chi connectivity index (χ0v) is 20.9. The molecule has 2 amide bonds. The molecule has 0 radical (unpaired) electrons. The fourth-order valence-electron chi connectivity index (χ4n) is 4.87. The van der Waals surface area contributed by atoms with Crippen LogP contribution in [0.4, 0.5) is 17.1 Å². The summed E-state index contributed by atoms with van der Waals surface area (Å²) in [5, 5.41) is 13.8. The second-order valence-electron chi connectivity index (χ2n) is 8.77. The average Bonchev–Trinajstić information content (AvgIpc) is 3.60. The predicted octanol–water partition coefficient (Wildman–Crippen LogP) is 6.21. The number of furan rings is 1. The normalized spacial score (nSPS) is 20.7. The molecular formula is C27H17Cl2N3O6. The van der Waals surface area contributed by atoms with E-state index in [2.05, 4.69) is 0 Å². The highest BCUT2D eigenvalue weighted by Gasteiger charge is 2.61. The van der Waals surface area contributed by atoms with Gasteiger partial charge in [-0.15, -0.1) is 0 Å². The van der Waals surface area contributed by atoms with Crippen molar-refractivity contribution in [3.63, 3.8) is 0 Å². The first-order chi connectivity index (χ1) is 18.3. The third-order valence-electron chi connectivity index (χ3n) is 6.55. The quantitative estimate of drug-likeness (QED) is 0.165. The van der Waals surface area contributed by atoms with Gasteiger partial charge >= 0.3 is 0 Å². The smallest absolute Gasteiger partial charge is 0.281 e. The van der Waals surface area contributed by atoms with E-state index >= 15 is 0 Å². The Balaban J connectivity index is 1.43. The molecule has 3 heterocycles. The van der Waals surface area contributed by atoms with Crippen LogP contribution in [0.15, 0.2) is 89.3 Å². The van der Waals surface area contributed by atoms with Crippen LogP contribution in [0.2, 0.25) is 10.0 Å². The molecule has 0 N–H and O–H groups in total. The van der Waals surface area contributed by atoms with E-state index in [4.69, 9.17) is 32.5 Å². The van der Waals surface area contributed by atoms with Gasteiger partial charge in [-0.1, -0.05) is 41.4 Å². The Morgan fingerprint density at radius 1 is 0.816 bits per heavy atom. The Morgan fingerprint density at radius 3 is 2.24 bits per heavy atom. The minimum absolute atomic E-state index is 0.214. The van der Waals surface area contributed by atoms with Gasteiger partial charge in [0.1, 0.15) is 23.5 Å². The Bertz CT molecular complexity index is 1570. The summed E-state index contributed by atoms with van der Waals surface area (Å²) in [7, 11) is 0. The van der Waals surface area contributed by atoms with Gasteiger partial charge in [-0.05, 0) is 60.7 Å². The zero-order chi connectivity index (χ0) is 26.6. The topological polar surface area (TPSA) is 106 Å². The number of nitro groups is 1. The lowest BCUT2D eigenvalue weighted by molar-refractivity contribution is -0.384. The average molecular weight is 550 g/mol. The molecule has 2 fully saturated rings. The van der Waals surface area contributed by atoms with Gasteiger partial charge < -0.3 is 4.42 Å². The number of carbonyl (C=O) groups is 2. The van der Waals surface area contributed by atoms with Crippen molar-refractivity contribution in [3.8, 4) is 11.3 Å². The number of nitrogens with zero attached hydrogens (tertiary/aromatic N) is 3. The lowest BCUT2D eigenvalue weighted by atomic mass is 9.94. The van der Waals surface area contributed by atoms with Gasteiger partial charge in [0.15, 0.2) is 6.10 Å². The van der Waals surface area contributed by atoms with Crippen molar-refractivity contribution in [1.82, 2.24) is 0 Å². The lowest BCUT2D eigenvalue weighted by Crippen LogP contribution is -2.37. The van der Waals surface area contributed by atoms with E-state index in [9.17, 15) is 19.7 Å². The highest BCUT2D eigenvalue weighted by Crippen LogP contribution is 2.48. The van der Waals surface area contributed by atoms with Crippen molar-refractivity contribution in [2.75, 3.05) is 9.96 Å². The van der Waals surface area contributed by atoms with Crippen LogP contribution >= 0.6 is 23.2 Å². The molecule has 0 bridgehead atoms. The standard InChI is InChI=1S/C27H17Cl2N3O6/c28-15-6-9-17(10-7-15)30-26(33)23-24(31(38-25(23)27(30)34)18-4-2-1-3-5-18)22-13-12-21(37-22)19-11-8-16(29)14-20(19)32(35)36/h1-14,23-25H/t23-,24+,25-/m0/s1. The maximum atomic E-state index is 13.7. The van der Waals surface area contributed by atoms with Crippen molar-refractivity contribution in [2.24, 2.45) is 5.92 Å². The number of para-hydroxylation sites is 1. The van der Waals surface area contributed by atoms with E-state index in [0.717, 1.165) is 4.90 Å². The van der Waals surface area contributed by atoms with Gasteiger partial charge in [0, 0.05) is 16.1 Å². The predicted molar refractivity (Wildman–Crippen MR) is 140 cm³/mol. The van der Waals surface area contributed by atoms with Gasteiger partial charge in [0.05, 0.1) is 21.9 Å². The maximum absolute atomic E-state index is 13.7. The van der Waals surface area contributed by atoms with Crippen LogP contribution < -0.4 is 9.96 Å². The summed E-state index contributed by atoms with van der Waals surface area (Å²) in [5.41, 5.74) is 0.995. The molecule has 4 aromatic rings. The zero-order valence-electron chi connectivity index (χ0n) is 19.4. The van der Waals surface area contributed by atoms with Crippen molar-refractivity contribution in [2.45, 2.75) is 12.1 Å². The molecule has 2 aliphatic heterocycles. The third kappa shape index (κ3) is 3.92. The van der Waals surface area contributed by atoms with Gasteiger partial charge in [0.2, 0.25) is 5.91 Å². The number of amides is 2. The van der Waals surface area contributed by atoms with Crippen molar-refractivity contribution >= 4 is 52.1 Å². The van der Waals surface area contributed by atoms with Crippen molar-refractivity contribution in [1.29, 1.82) is 0 Å². The maximum Gasteiger partial charge on any atom is 0.281 e. The fraction of sp³-hybridized carbons (Fsp3) is 0.111. The SMILES string of the molecule is O=C1[C@@H]2[C@H](ON(c3ccccc3)[C@@H]2c2ccc(-c3ccc(Cl)cc3[N+](=O)[O-])o2)C(=O)N1c1ccc(Cl)cc1. The summed E-state index contributed by atoms with van der Waals surface area (Å²) in [6.07, 6.45) is -1.10. The number of anilines is 2. The molecule has 6 rings (SSSR count). The highest BCUT2D eigenvalue weighted by atomic mass is 35.5. The Labute approximate surface area is 225 Å². The van der Waals surface area contributed by atoms with Crippen LogP contribution in [0.3, 0.4) is 0 Å². The number of rotatable bonds is 5. The summed E-state index contributed by atoms with van der Waals surface area (Å²) < 4.78 is 6.12. The van der Waals surface area contributed by atoms with Gasteiger partial charge in [-0.25, -0.2) is 9.96 Å². The summed E-state index contributed by atoms with van der Waals surface area (Å²) in [4.78, 5) is 45.4. The molecule has 9 nitrogen and oxygen atoms in total. The summed E-state index contributed by atoms with van der Waals surface area (Å²) in [6.45, 7) is 0. The largest absolute Gasteiger partial charge is 0.458 e. The van der Waals surface area contributed by atoms with E-state index < -0.39 is 34.8 Å². The Morgan fingerprint density at radius 2 is 1.53 bits per heavy atom. The molecule has 2 saturated heterocycles. The molecule has 1 aromatic heterocycles. The van der Waals surface area contributed by atoms with Crippen molar-refractivity contribution in [3.05, 3.63) is 111 Å². The van der Waals surface area contributed by atoms with E-state index in [1.54, 1.807) is 60.7 Å². The first-order valence-corrected chi connectivity index (χ1v) is 12.3. The minimum Gasteiger partial charge on any atom is -0.458 e. The summed E-state index contributed by atoms with van der Waals surface area (Å²) in [6, 6.07) is 22.0. The molecule has 3 aromatic carbocycles. The van der Waals surface area contributed by atoms with Crippen molar-refractivity contribution < 1.29 is 23.8 Å². The Hall–Kier alpha value is -4.18. The van der Waals surface area contributed by atoms with E-state index in [0.29, 0.717) is 22.2 Å². The number of imide groups is 1. The number of fused-ring (bicyclic) bond motifs is 1. The van der Waals surface area contributed by atoms with Crippen LogP contribution in [0.5, 0.6) is 0 Å². The van der Waals surface area contributed by atoms with Gasteiger partial charge in [-0.2, -0.15) is 0 Å². The van der Waals surface area contributed by atoms with Gasteiger partial charge in [-0.3, -0.25) is 24.5 Å². The van der Waals surface area contributed by atoms with Crippen LogP contribution in [0.25, 0.3) is 11.3 Å². The van der Waals surface area contributed by atoms with E-state index in [-0.39, 0.29) is 22.0 Å². The number of halogens is 2. The minimum atomic E-state index is -1.10. The van der Waals surface area contributed by atoms with Crippen LogP contribution in [0, 0.1) is 16.0 Å². The second-order valence-corrected chi connectivity index (χ2v) is 9.64. The van der Waals surface area contributed by atoms with Crippen LogP contribution in [-0.4, -0.2) is 22.8 Å². The molecule has 0 saturated carbocycles. The third-order valence-corrected chi connectivity index (χ3v) is 7.04. The lowest BCUT2D eigenvalue weighted by Gasteiger charge is -2.27.